The third kappa shape index (κ3) is 3.60. The number of aromatic nitrogens is 4. The first-order valence-electron chi connectivity index (χ1n) is 10.9. The standard InChI is InChI=1S/C22H28N6O2/c1-15-11-20-23-12-18(19-10-16(2)25-30-19)22(28(20)24-15)17-6-5-7-26(13-17)14-21(29)27-8-3-4-9-27/h10-12,17H,3-9,13-14H2,1-2H3. The second-order valence-corrected chi connectivity index (χ2v) is 8.61. The zero-order valence-electron chi connectivity index (χ0n) is 17.7. The van der Waals surface area contributed by atoms with E-state index >= 15 is 0 Å². The molecule has 2 aliphatic rings. The minimum atomic E-state index is 0.246. The van der Waals surface area contributed by atoms with Crippen molar-refractivity contribution in [2.45, 2.75) is 45.4 Å². The van der Waals surface area contributed by atoms with Crippen LogP contribution in [0, 0.1) is 13.8 Å². The Bertz CT molecular complexity index is 1060. The minimum Gasteiger partial charge on any atom is -0.356 e. The number of hydrogen-bond acceptors (Lipinski definition) is 6. The van der Waals surface area contributed by atoms with E-state index in [1.54, 1.807) is 0 Å². The number of rotatable bonds is 4. The lowest BCUT2D eigenvalue weighted by Gasteiger charge is -2.34. The SMILES string of the molecule is Cc1cc(-c2cnc3cc(C)nn3c2C2CCCN(CC(=O)N3CCCC3)C2)on1. The van der Waals surface area contributed by atoms with E-state index < -0.39 is 0 Å². The number of aryl methyl sites for hydroxylation is 2. The number of carbonyl (C=O) groups excluding carboxylic acids is 1. The number of piperidine rings is 1. The fourth-order valence-corrected chi connectivity index (χ4v) is 4.82. The van der Waals surface area contributed by atoms with Gasteiger partial charge in [-0.2, -0.15) is 5.10 Å². The molecule has 0 saturated carbocycles. The Morgan fingerprint density at radius 1 is 1.13 bits per heavy atom. The van der Waals surface area contributed by atoms with Crippen molar-refractivity contribution in [2.75, 3.05) is 32.7 Å². The third-order valence-electron chi connectivity index (χ3n) is 6.25. The van der Waals surface area contributed by atoms with Crippen LogP contribution >= 0.6 is 0 Å². The van der Waals surface area contributed by atoms with E-state index in [1.807, 2.05) is 41.6 Å². The molecule has 3 aromatic heterocycles. The zero-order valence-corrected chi connectivity index (χ0v) is 17.7. The van der Waals surface area contributed by atoms with Gasteiger partial charge in [-0.15, -0.1) is 0 Å². The Kier molecular flexibility index (Phi) is 5.02. The van der Waals surface area contributed by atoms with E-state index in [4.69, 9.17) is 9.62 Å². The Morgan fingerprint density at radius 3 is 2.73 bits per heavy atom. The van der Waals surface area contributed by atoms with Gasteiger partial charge in [-0.1, -0.05) is 5.16 Å². The highest BCUT2D eigenvalue weighted by Crippen LogP contribution is 2.35. The highest BCUT2D eigenvalue weighted by atomic mass is 16.5. The molecule has 8 heteroatoms. The van der Waals surface area contributed by atoms with Gasteiger partial charge in [0.05, 0.1) is 29.2 Å². The van der Waals surface area contributed by atoms with Crippen molar-refractivity contribution in [3.05, 3.63) is 35.4 Å². The quantitative estimate of drug-likeness (QED) is 0.660. The summed E-state index contributed by atoms with van der Waals surface area (Å²) in [5, 5.41) is 8.80. The van der Waals surface area contributed by atoms with Crippen LogP contribution in [0.2, 0.25) is 0 Å². The number of hydrogen-bond donors (Lipinski definition) is 0. The molecule has 5 heterocycles. The maximum absolute atomic E-state index is 12.7. The van der Waals surface area contributed by atoms with Crippen LogP contribution in [0.3, 0.4) is 0 Å². The van der Waals surface area contributed by atoms with Crippen molar-refractivity contribution in [1.29, 1.82) is 0 Å². The lowest BCUT2D eigenvalue weighted by molar-refractivity contribution is -0.131. The molecule has 1 atom stereocenters. The molecule has 0 aliphatic carbocycles. The van der Waals surface area contributed by atoms with Crippen LogP contribution in [0.5, 0.6) is 0 Å². The molecule has 3 aromatic rings. The molecule has 158 valence electrons. The van der Waals surface area contributed by atoms with Crippen molar-refractivity contribution in [3.63, 3.8) is 0 Å². The molecular formula is C22H28N6O2. The summed E-state index contributed by atoms with van der Waals surface area (Å²) < 4.78 is 7.55. The first kappa shape index (κ1) is 19.2. The molecule has 0 bridgehead atoms. The molecular weight excluding hydrogens is 380 g/mol. The van der Waals surface area contributed by atoms with Gasteiger partial charge < -0.3 is 9.42 Å². The van der Waals surface area contributed by atoms with Crippen molar-refractivity contribution in [2.24, 2.45) is 0 Å². The maximum Gasteiger partial charge on any atom is 0.236 e. The van der Waals surface area contributed by atoms with Crippen molar-refractivity contribution in [1.82, 2.24) is 29.6 Å². The summed E-state index contributed by atoms with van der Waals surface area (Å²) in [6.07, 6.45) is 6.23. The van der Waals surface area contributed by atoms with Gasteiger partial charge in [-0.05, 0) is 46.1 Å². The summed E-state index contributed by atoms with van der Waals surface area (Å²) in [5.74, 6) is 1.22. The molecule has 30 heavy (non-hydrogen) atoms. The fraction of sp³-hybridized carbons (Fsp3) is 0.545. The topological polar surface area (TPSA) is 79.8 Å². The second kappa shape index (κ2) is 7.83. The van der Waals surface area contributed by atoms with E-state index in [2.05, 4.69) is 15.0 Å². The van der Waals surface area contributed by atoms with Gasteiger partial charge in [-0.3, -0.25) is 9.69 Å². The molecule has 1 unspecified atom stereocenters. The van der Waals surface area contributed by atoms with Gasteiger partial charge in [0.25, 0.3) is 0 Å². The molecule has 0 N–H and O–H groups in total. The van der Waals surface area contributed by atoms with Gasteiger partial charge in [0.2, 0.25) is 5.91 Å². The summed E-state index contributed by atoms with van der Waals surface area (Å²) in [4.78, 5) is 21.6. The molecule has 0 spiro atoms. The van der Waals surface area contributed by atoms with E-state index in [9.17, 15) is 4.79 Å². The number of amides is 1. The van der Waals surface area contributed by atoms with Gasteiger partial charge in [0.15, 0.2) is 11.4 Å². The molecule has 0 aromatic carbocycles. The summed E-state index contributed by atoms with van der Waals surface area (Å²) in [6, 6.07) is 3.94. The predicted octanol–water partition coefficient (Wildman–Crippen LogP) is 2.80. The van der Waals surface area contributed by atoms with Crippen molar-refractivity contribution < 1.29 is 9.32 Å². The summed E-state index contributed by atoms with van der Waals surface area (Å²) >= 11 is 0. The average Bonchev–Trinajstić information content (AvgIpc) is 3.47. The largest absolute Gasteiger partial charge is 0.356 e. The molecule has 1 amide bonds. The lowest BCUT2D eigenvalue weighted by Crippen LogP contribution is -2.43. The Morgan fingerprint density at radius 2 is 1.97 bits per heavy atom. The molecule has 2 aliphatic heterocycles. The fourth-order valence-electron chi connectivity index (χ4n) is 4.82. The van der Waals surface area contributed by atoms with E-state index in [1.165, 1.54) is 0 Å². The maximum atomic E-state index is 12.7. The first-order valence-corrected chi connectivity index (χ1v) is 10.9. The summed E-state index contributed by atoms with van der Waals surface area (Å²) in [7, 11) is 0. The highest BCUT2D eigenvalue weighted by Gasteiger charge is 2.30. The van der Waals surface area contributed by atoms with E-state index in [-0.39, 0.29) is 11.8 Å². The number of nitrogens with zero attached hydrogens (tertiary/aromatic N) is 6. The molecule has 5 rings (SSSR count). The van der Waals surface area contributed by atoms with Crippen LogP contribution in [0.15, 0.2) is 22.9 Å². The van der Waals surface area contributed by atoms with Gasteiger partial charge in [0.1, 0.15) is 0 Å². The van der Waals surface area contributed by atoms with Gasteiger partial charge in [0, 0.05) is 43.9 Å². The van der Waals surface area contributed by atoms with Crippen LogP contribution in [0.4, 0.5) is 0 Å². The van der Waals surface area contributed by atoms with Gasteiger partial charge in [-0.25, -0.2) is 9.50 Å². The van der Waals surface area contributed by atoms with E-state index in [0.29, 0.717) is 6.54 Å². The van der Waals surface area contributed by atoms with Crippen LogP contribution in [-0.2, 0) is 4.79 Å². The lowest BCUT2D eigenvalue weighted by atomic mass is 9.91. The Labute approximate surface area is 175 Å². The monoisotopic (exact) mass is 408 g/mol. The van der Waals surface area contributed by atoms with Crippen LogP contribution in [0.1, 0.15) is 48.7 Å². The second-order valence-electron chi connectivity index (χ2n) is 8.61. The summed E-state index contributed by atoms with van der Waals surface area (Å²) in [5.41, 5.74) is 4.65. The highest BCUT2D eigenvalue weighted by molar-refractivity contribution is 5.78. The Hall–Kier alpha value is -2.74. The molecule has 2 saturated heterocycles. The van der Waals surface area contributed by atoms with Gasteiger partial charge >= 0.3 is 0 Å². The third-order valence-corrected chi connectivity index (χ3v) is 6.25. The summed E-state index contributed by atoms with van der Waals surface area (Å²) in [6.45, 7) is 8.00. The molecule has 0 radical (unpaired) electrons. The smallest absolute Gasteiger partial charge is 0.236 e. The minimum absolute atomic E-state index is 0.246. The number of fused-ring (bicyclic) bond motifs is 1. The van der Waals surface area contributed by atoms with Crippen LogP contribution in [0.25, 0.3) is 17.0 Å². The predicted molar refractivity (Wildman–Crippen MR) is 112 cm³/mol. The van der Waals surface area contributed by atoms with Crippen molar-refractivity contribution >= 4 is 11.6 Å². The van der Waals surface area contributed by atoms with Crippen LogP contribution in [-0.4, -0.2) is 68.2 Å². The normalized spacial score (nSPS) is 20.3. The Balaban J connectivity index is 1.47. The first-order chi connectivity index (χ1) is 14.6. The number of carbonyl (C=O) groups is 1. The average molecular weight is 409 g/mol. The molecule has 8 nitrogen and oxygen atoms in total. The van der Waals surface area contributed by atoms with Crippen LogP contribution < -0.4 is 0 Å². The molecule has 2 fully saturated rings. The number of likely N-dealkylation sites (tertiary alicyclic amines) is 2. The van der Waals surface area contributed by atoms with E-state index in [0.717, 1.165) is 85.9 Å². The zero-order chi connectivity index (χ0) is 20.7. The van der Waals surface area contributed by atoms with Crippen molar-refractivity contribution in [3.8, 4) is 11.3 Å².